The van der Waals surface area contributed by atoms with Crippen LogP contribution in [0.15, 0.2) is 18.2 Å². The molecule has 1 fully saturated rings. The zero-order valence-corrected chi connectivity index (χ0v) is 15.0. The highest BCUT2D eigenvalue weighted by atomic mass is 19.1. The first-order valence-corrected chi connectivity index (χ1v) is 8.25. The molecule has 2 amide bonds. The van der Waals surface area contributed by atoms with E-state index >= 15 is 0 Å². The van der Waals surface area contributed by atoms with Crippen LogP contribution in [0.1, 0.15) is 36.7 Å². The van der Waals surface area contributed by atoms with Crippen LogP contribution >= 0.6 is 0 Å². The summed E-state index contributed by atoms with van der Waals surface area (Å²) in [6.45, 7) is 5.33. The number of aliphatic hydroxyl groups excluding tert-OH is 1. The minimum atomic E-state index is -0.791. The largest absolute Gasteiger partial charge is 0.444 e. The van der Waals surface area contributed by atoms with Gasteiger partial charge in [-0.2, -0.15) is 5.26 Å². The van der Waals surface area contributed by atoms with Gasteiger partial charge in [0.1, 0.15) is 11.4 Å². The van der Waals surface area contributed by atoms with E-state index in [9.17, 15) is 19.1 Å². The molecule has 1 aliphatic heterocycles. The third-order valence-electron chi connectivity index (χ3n) is 3.93. The molecule has 2 rings (SSSR count). The Morgan fingerprint density at radius 1 is 1.38 bits per heavy atom. The lowest BCUT2D eigenvalue weighted by Gasteiger charge is -2.41. The zero-order chi connectivity index (χ0) is 19.5. The van der Waals surface area contributed by atoms with Crippen molar-refractivity contribution in [2.24, 2.45) is 0 Å². The summed E-state index contributed by atoms with van der Waals surface area (Å²) in [4.78, 5) is 27.6. The lowest BCUT2D eigenvalue weighted by Crippen LogP contribution is -2.58. The minimum Gasteiger partial charge on any atom is -0.444 e. The fraction of sp³-hybridized carbons (Fsp3) is 0.500. The Morgan fingerprint density at radius 3 is 2.62 bits per heavy atom. The molecular weight excluding hydrogens is 341 g/mol. The number of nitrogens with zero attached hydrogens (tertiary/aromatic N) is 3. The number of hydrogen-bond donors (Lipinski definition) is 1. The maximum absolute atomic E-state index is 14.1. The van der Waals surface area contributed by atoms with Crippen molar-refractivity contribution in [2.75, 3.05) is 26.2 Å². The lowest BCUT2D eigenvalue weighted by molar-refractivity contribution is -0.00255. The Morgan fingerprint density at radius 2 is 2.08 bits per heavy atom. The number of amides is 2. The minimum absolute atomic E-state index is 0.0923. The number of carbonyl (C=O) groups excluding carboxylic acids is 2. The first kappa shape index (κ1) is 19.7. The zero-order valence-electron chi connectivity index (χ0n) is 15.0. The lowest BCUT2D eigenvalue weighted by atomic mass is 10.1. The topological polar surface area (TPSA) is 93.9 Å². The summed E-state index contributed by atoms with van der Waals surface area (Å²) in [6.07, 6.45) is -0.521. The quantitative estimate of drug-likeness (QED) is 0.864. The Hall–Kier alpha value is -2.66. The van der Waals surface area contributed by atoms with E-state index in [0.29, 0.717) is 0 Å². The second-order valence-corrected chi connectivity index (χ2v) is 7.07. The van der Waals surface area contributed by atoms with Gasteiger partial charge in [0.05, 0.1) is 29.8 Å². The smallest absolute Gasteiger partial charge is 0.410 e. The first-order valence-electron chi connectivity index (χ1n) is 8.25. The highest BCUT2D eigenvalue weighted by Gasteiger charge is 2.35. The van der Waals surface area contributed by atoms with Gasteiger partial charge >= 0.3 is 6.09 Å². The van der Waals surface area contributed by atoms with Crippen LogP contribution in [-0.2, 0) is 4.74 Å². The van der Waals surface area contributed by atoms with Crippen molar-refractivity contribution in [3.05, 3.63) is 35.1 Å². The van der Waals surface area contributed by atoms with Crippen LogP contribution in [0.5, 0.6) is 0 Å². The van der Waals surface area contributed by atoms with Gasteiger partial charge in [0, 0.05) is 19.6 Å². The molecule has 1 aromatic carbocycles. The first-order chi connectivity index (χ1) is 12.2. The number of halogens is 1. The van der Waals surface area contributed by atoms with Gasteiger partial charge in [-0.25, -0.2) is 9.18 Å². The van der Waals surface area contributed by atoms with E-state index in [0.717, 1.165) is 6.07 Å². The molecule has 140 valence electrons. The van der Waals surface area contributed by atoms with Crippen molar-refractivity contribution in [2.45, 2.75) is 32.4 Å². The molecule has 0 aromatic heterocycles. The fourth-order valence-corrected chi connectivity index (χ4v) is 2.68. The molecule has 0 bridgehead atoms. The number of carbonyl (C=O) groups is 2. The molecule has 1 atom stereocenters. The standard InChI is InChI=1S/C18H22FN3O4/c1-18(2,3)26-17(25)21-6-7-22(13(10-21)11-23)16(24)14-5-4-12(9-20)8-15(14)19/h4-5,8,13,23H,6-7,10-11H2,1-3H3. The molecule has 1 aromatic rings. The molecule has 1 heterocycles. The highest BCUT2D eigenvalue weighted by molar-refractivity contribution is 5.95. The third-order valence-corrected chi connectivity index (χ3v) is 3.93. The summed E-state index contributed by atoms with van der Waals surface area (Å²) in [6, 6.07) is 4.75. The maximum atomic E-state index is 14.1. The highest BCUT2D eigenvalue weighted by Crippen LogP contribution is 2.19. The number of ether oxygens (including phenoxy) is 1. The number of benzene rings is 1. The Bertz CT molecular complexity index is 739. The predicted octanol–water partition coefficient (Wildman–Crippen LogP) is 1.75. The molecule has 7 nitrogen and oxygen atoms in total. The number of hydrogen-bond acceptors (Lipinski definition) is 5. The van der Waals surface area contributed by atoms with Crippen molar-refractivity contribution >= 4 is 12.0 Å². The van der Waals surface area contributed by atoms with E-state index in [1.165, 1.54) is 21.9 Å². The number of rotatable bonds is 2. The van der Waals surface area contributed by atoms with E-state index in [2.05, 4.69) is 0 Å². The molecule has 26 heavy (non-hydrogen) atoms. The van der Waals surface area contributed by atoms with Crippen LogP contribution in [0.2, 0.25) is 0 Å². The number of piperazine rings is 1. The average molecular weight is 363 g/mol. The van der Waals surface area contributed by atoms with Crippen LogP contribution < -0.4 is 0 Å². The molecular formula is C18H22FN3O4. The number of aliphatic hydroxyl groups is 1. The second-order valence-electron chi connectivity index (χ2n) is 7.07. The van der Waals surface area contributed by atoms with Crippen LogP contribution in [0.25, 0.3) is 0 Å². The fourth-order valence-electron chi connectivity index (χ4n) is 2.68. The summed E-state index contributed by atoms with van der Waals surface area (Å²) in [5, 5.41) is 18.4. The summed E-state index contributed by atoms with van der Waals surface area (Å²) < 4.78 is 19.4. The normalized spacial score (nSPS) is 17.6. The second kappa shape index (κ2) is 7.70. The van der Waals surface area contributed by atoms with Gasteiger partial charge in [0.25, 0.3) is 5.91 Å². The molecule has 1 saturated heterocycles. The van der Waals surface area contributed by atoms with E-state index in [1.54, 1.807) is 20.8 Å². The molecule has 1 aliphatic rings. The molecule has 8 heteroatoms. The van der Waals surface area contributed by atoms with Crippen molar-refractivity contribution in [1.82, 2.24) is 9.80 Å². The summed E-state index contributed by atoms with van der Waals surface area (Å²) in [7, 11) is 0. The summed E-state index contributed by atoms with van der Waals surface area (Å²) >= 11 is 0. The maximum Gasteiger partial charge on any atom is 0.410 e. The van der Waals surface area contributed by atoms with Gasteiger partial charge in [0.2, 0.25) is 0 Å². The van der Waals surface area contributed by atoms with Crippen molar-refractivity contribution in [3.8, 4) is 6.07 Å². The van der Waals surface area contributed by atoms with Crippen LogP contribution in [0, 0.1) is 17.1 Å². The van der Waals surface area contributed by atoms with Gasteiger partial charge in [-0.05, 0) is 39.0 Å². The van der Waals surface area contributed by atoms with Gasteiger partial charge in [0.15, 0.2) is 0 Å². The SMILES string of the molecule is CC(C)(C)OC(=O)N1CCN(C(=O)c2ccc(C#N)cc2F)C(CO)C1. The van der Waals surface area contributed by atoms with Gasteiger partial charge in [-0.15, -0.1) is 0 Å². The molecule has 0 aliphatic carbocycles. The molecule has 0 saturated carbocycles. The van der Waals surface area contributed by atoms with Crippen LogP contribution in [-0.4, -0.2) is 64.8 Å². The summed E-state index contributed by atoms with van der Waals surface area (Å²) in [5.74, 6) is -1.38. The van der Waals surface area contributed by atoms with Gasteiger partial charge in [-0.3, -0.25) is 4.79 Å². The molecule has 0 spiro atoms. The van der Waals surface area contributed by atoms with E-state index in [-0.39, 0.29) is 37.4 Å². The third kappa shape index (κ3) is 4.49. The molecule has 0 radical (unpaired) electrons. The Kier molecular flexibility index (Phi) is 5.83. The number of nitriles is 1. The van der Waals surface area contributed by atoms with E-state index in [4.69, 9.17) is 10.00 Å². The Labute approximate surface area is 151 Å². The summed E-state index contributed by atoms with van der Waals surface area (Å²) in [5.41, 5.74) is -0.703. The van der Waals surface area contributed by atoms with Crippen molar-refractivity contribution in [1.29, 1.82) is 5.26 Å². The Balaban J connectivity index is 2.13. The average Bonchev–Trinajstić information content (AvgIpc) is 2.58. The van der Waals surface area contributed by atoms with Gasteiger partial charge in [-0.1, -0.05) is 0 Å². The van der Waals surface area contributed by atoms with Crippen LogP contribution in [0.3, 0.4) is 0 Å². The van der Waals surface area contributed by atoms with Gasteiger partial charge < -0.3 is 19.6 Å². The molecule has 1 unspecified atom stereocenters. The van der Waals surface area contributed by atoms with Crippen molar-refractivity contribution in [3.63, 3.8) is 0 Å². The van der Waals surface area contributed by atoms with E-state index in [1.807, 2.05) is 6.07 Å². The van der Waals surface area contributed by atoms with Crippen molar-refractivity contribution < 1.29 is 23.8 Å². The monoisotopic (exact) mass is 363 g/mol. The molecule has 1 N–H and O–H groups in total. The van der Waals surface area contributed by atoms with Crippen LogP contribution in [0.4, 0.5) is 9.18 Å². The predicted molar refractivity (Wildman–Crippen MR) is 90.8 cm³/mol. The van der Waals surface area contributed by atoms with E-state index < -0.39 is 29.5 Å².